The zero-order valence-electron chi connectivity index (χ0n) is 13.6. The van der Waals surface area contributed by atoms with Crippen LogP contribution in [0, 0.1) is 23.7 Å². The number of nitrogens with zero attached hydrogens (tertiary/aromatic N) is 2. The van der Waals surface area contributed by atoms with Gasteiger partial charge in [0.2, 0.25) is 5.91 Å². The first-order valence-corrected chi connectivity index (χ1v) is 8.83. The topological polar surface area (TPSA) is 49.6 Å². The van der Waals surface area contributed by atoms with Crippen molar-refractivity contribution in [2.75, 3.05) is 33.2 Å². The molecule has 3 rings (SSSR count). The third-order valence-corrected chi connectivity index (χ3v) is 6.04. The normalized spacial score (nSPS) is 38.7. The van der Waals surface area contributed by atoms with Crippen LogP contribution < -0.4 is 5.73 Å². The summed E-state index contributed by atoms with van der Waals surface area (Å²) in [6, 6.07) is 0.137. The largest absolute Gasteiger partial charge is 0.342 e. The van der Waals surface area contributed by atoms with Crippen LogP contribution in [-0.4, -0.2) is 55.0 Å². The molecule has 4 heteroatoms. The van der Waals surface area contributed by atoms with Gasteiger partial charge in [0.05, 0.1) is 5.92 Å². The summed E-state index contributed by atoms with van der Waals surface area (Å²) >= 11 is 0. The molecule has 0 radical (unpaired) electrons. The van der Waals surface area contributed by atoms with Gasteiger partial charge in [0.25, 0.3) is 0 Å². The molecule has 5 atom stereocenters. The molecule has 0 spiro atoms. The fourth-order valence-electron chi connectivity index (χ4n) is 5.01. The highest BCUT2D eigenvalue weighted by Gasteiger charge is 2.50. The Labute approximate surface area is 129 Å². The van der Waals surface area contributed by atoms with Crippen LogP contribution in [0.15, 0.2) is 0 Å². The number of nitrogens with two attached hydrogens (primary N) is 1. The molecule has 2 saturated carbocycles. The van der Waals surface area contributed by atoms with Crippen LogP contribution in [0.3, 0.4) is 0 Å². The van der Waals surface area contributed by atoms with Crippen molar-refractivity contribution < 1.29 is 4.79 Å². The van der Waals surface area contributed by atoms with Gasteiger partial charge < -0.3 is 15.5 Å². The minimum atomic E-state index is 0.135. The lowest BCUT2D eigenvalue weighted by atomic mass is 9.84. The van der Waals surface area contributed by atoms with Gasteiger partial charge in [-0.25, -0.2) is 0 Å². The molecule has 3 fully saturated rings. The Morgan fingerprint density at radius 3 is 2.71 bits per heavy atom. The first-order valence-electron chi connectivity index (χ1n) is 8.83. The van der Waals surface area contributed by atoms with Crippen LogP contribution in [0.2, 0.25) is 0 Å². The van der Waals surface area contributed by atoms with Crippen molar-refractivity contribution in [2.24, 2.45) is 29.4 Å². The van der Waals surface area contributed by atoms with Gasteiger partial charge in [0.1, 0.15) is 0 Å². The molecule has 5 unspecified atom stereocenters. The smallest absolute Gasteiger partial charge is 0.227 e. The molecule has 2 aliphatic carbocycles. The molecule has 3 aliphatic rings. The van der Waals surface area contributed by atoms with Crippen LogP contribution in [-0.2, 0) is 4.79 Å². The summed E-state index contributed by atoms with van der Waals surface area (Å²) in [7, 11) is 2.19. The molecule has 1 amide bonds. The number of likely N-dealkylation sites (tertiary alicyclic amines) is 1. The number of amides is 1. The SMILES string of the molecule is CCCN(C)CC1CCN(C(=O)C2C3CCC(C3)C2N)C1. The van der Waals surface area contributed by atoms with Crippen LogP contribution in [0.4, 0.5) is 0 Å². The van der Waals surface area contributed by atoms with Gasteiger partial charge in [0, 0.05) is 25.7 Å². The molecule has 1 aliphatic heterocycles. The molecule has 2 bridgehead atoms. The lowest BCUT2D eigenvalue weighted by molar-refractivity contribution is -0.136. The maximum absolute atomic E-state index is 12.8. The van der Waals surface area contributed by atoms with Crippen LogP contribution >= 0.6 is 0 Å². The van der Waals surface area contributed by atoms with Gasteiger partial charge in [-0.2, -0.15) is 0 Å². The minimum Gasteiger partial charge on any atom is -0.342 e. The van der Waals surface area contributed by atoms with E-state index in [2.05, 4.69) is 23.8 Å². The van der Waals surface area contributed by atoms with E-state index >= 15 is 0 Å². The number of carbonyl (C=O) groups is 1. The first kappa shape index (κ1) is 15.3. The lowest BCUT2D eigenvalue weighted by Crippen LogP contribution is -2.46. The zero-order chi connectivity index (χ0) is 15.0. The average Bonchev–Trinajstić information content (AvgIpc) is 3.13. The maximum atomic E-state index is 12.8. The zero-order valence-corrected chi connectivity index (χ0v) is 13.6. The molecular weight excluding hydrogens is 262 g/mol. The van der Waals surface area contributed by atoms with Gasteiger partial charge in [-0.3, -0.25) is 4.79 Å². The molecule has 4 nitrogen and oxygen atoms in total. The van der Waals surface area contributed by atoms with Gasteiger partial charge in [-0.15, -0.1) is 0 Å². The Hall–Kier alpha value is -0.610. The quantitative estimate of drug-likeness (QED) is 0.837. The third kappa shape index (κ3) is 2.98. The highest BCUT2D eigenvalue weighted by Crippen LogP contribution is 2.48. The number of fused-ring (bicyclic) bond motifs is 2. The van der Waals surface area contributed by atoms with Crippen molar-refractivity contribution in [3.8, 4) is 0 Å². The highest BCUT2D eigenvalue weighted by molar-refractivity contribution is 5.81. The predicted octanol–water partition coefficient (Wildman–Crippen LogP) is 1.55. The van der Waals surface area contributed by atoms with Crippen molar-refractivity contribution in [1.29, 1.82) is 0 Å². The van der Waals surface area contributed by atoms with E-state index in [1.165, 1.54) is 25.7 Å². The summed E-state index contributed by atoms with van der Waals surface area (Å²) in [5.41, 5.74) is 6.33. The molecular formula is C17H31N3O. The maximum Gasteiger partial charge on any atom is 0.227 e. The van der Waals surface area contributed by atoms with E-state index in [9.17, 15) is 4.79 Å². The van der Waals surface area contributed by atoms with E-state index in [4.69, 9.17) is 5.73 Å². The van der Waals surface area contributed by atoms with Crippen molar-refractivity contribution in [3.05, 3.63) is 0 Å². The highest BCUT2D eigenvalue weighted by atomic mass is 16.2. The van der Waals surface area contributed by atoms with E-state index in [1.807, 2.05) is 0 Å². The summed E-state index contributed by atoms with van der Waals surface area (Å²) in [6.45, 7) is 6.40. The first-order chi connectivity index (χ1) is 10.1. The Morgan fingerprint density at radius 1 is 1.29 bits per heavy atom. The fourth-order valence-corrected chi connectivity index (χ4v) is 5.01. The van der Waals surface area contributed by atoms with E-state index in [-0.39, 0.29) is 12.0 Å². The van der Waals surface area contributed by atoms with Crippen LogP contribution in [0.1, 0.15) is 39.0 Å². The Bertz CT molecular complexity index is 384. The number of hydrogen-bond donors (Lipinski definition) is 1. The summed E-state index contributed by atoms with van der Waals surface area (Å²) < 4.78 is 0. The summed E-state index contributed by atoms with van der Waals surface area (Å²) in [6.07, 6.45) is 6.04. The third-order valence-electron chi connectivity index (χ3n) is 6.04. The van der Waals surface area contributed by atoms with Crippen molar-refractivity contribution >= 4 is 5.91 Å². The number of hydrogen-bond acceptors (Lipinski definition) is 3. The second kappa shape index (κ2) is 6.25. The average molecular weight is 293 g/mol. The predicted molar refractivity (Wildman–Crippen MR) is 84.8 cm³/mol. The van der Waals surface area contributed by atoms with Crippen LogP contribution in [0.5, 0.6) is 0 Å². The van der Waals surface area contributed by atoms with Gasteiger partial charge in [-0.05, 0) is 63.5 Å². The van der Waals surface area contributed by atoms with Gasteiger partial charge in [0.15, 0.2) is 0 Å². The van der Waals surface area contributed by atoms with Crippen LogP contribution in [0.25, 0.3) is 0 Å². The van der Waals surface area contributed by atoms with Gasteiger partial charge >= 0.3 is 0 Å². The molecule has 1 saturated heterocycles. The van der Waals surface area contributed by atoms with E-state index in [0.29, 0.717) is 23.7 Å². The van der Waals surface area contributed by atoms with E-state index < -0.39 is 0 Å². The summed E-state index contributed by atoms with van der Waals surface area (Å²) in [5, 5.41) is 0. The molecule has 120 valence electrons. The lowest BCUT2D eigenvalue weighted by Gasteiger charge is -2.31. The molecule has 21 heavy (non-hydrogen) atoms. The van der Waals surface area contributed by atoms with Crippen molar-refractivity contribution in [3.63, 3.8) is 0 Å². The van der Waals surface area contributed by atoms with E-state index in [0.717, 1.165) is 32.6 Å². The molecule has 0 aromatic carbocycles. The molecule has 0 aromatic heterocycles. The second-order valence-corrected chi connectivity index (χ2v) is 7.64. The number of carbonyl (C=O) groups excluding carboxylic acids is 1. The fraction of sp³-hybridized carbons (Fsp3) is 0.941. The van der Waals surface area contributed by atoms with E-state index in [1.54, 1.807) is 0 Å². The van der Waals surface area contributed by atoms with Crippen molar-refractivity contribution in [1.82, 2.24) is 9.80 Å². The Kier molecular flexibility index (Phi) is 4.55. The minimum absolute atomic E-state index is 0.135. The Balaban J connectivity index is 1.53. The summed E-state index contributed by atoms with van der Waals surface area (Å²) in [5.74, 6) is 2.36. The monoisotopic (exact) mass is 293 g/mol. The molecule has 0 aromatic rings. The summed E-state index contributed by atoms with van der Waals surface area (Å²) in [4.78, 5) is 17.4. The van der Waals surface area contributed by atoms with Crippen molar-refractivity contribution in [2.45, 2.75) is 45.1 Å². The number of rotatable bonds is 5. The molecule has 1 heterocycles. The second-order valence-electron chi connectivity index (χ2n) is 7.64. The van der Waals surface area contributed by atoms with Gasteiger partial charge in [-0.1, -0.05) is 6.92 Å². The molecule has 2 N–H and O–H groups in total. The standard InChI is InChI=1S/C17H31N3O/c1-3-7-19(2)10-12-6-8-20(11-12)17(21)15-13-4-5-14(9-13)16(15)18/h12-16H,3-11,18H2,1-2H3. The Morgan fingerprint density at radius 2 is 2.05 bits per heavy atom.